The zero-order chi connectivity index (χ0) is 21.9. The standard InChI is InChI=1S/C24H26FNO3Si/c1-16(2)12-18-14-22(20-11-10-17(13-21(20)25)24(27)29-28)26-15-23(18)30(3,4)19-8-6-5-7-9-19/h5-11,13-16,28H,12H2,1-4H3. The molecular weight excluding hydrogens is 397 g/mol. The maximum atomic E-state index is 14.7. The Morgan fingerprint density at radius 1 is 1.13 bits per heavy atom. The van der Waals surface area contributed by atoms with E-state index in [-0.39, 0.29) is 5.56 Å². The van der Waals surface area contributed by atoms with Gasteiger partial charge in [-0.1, -0.05) is 62.5 Å². The summed E-state index contributed by atoms with van der Waals surface area (Å²) in [6.07, 6.45) is 2.76. The van der Waals surface area contributed by atoms with Gasteiger partial charge in [0.15, 0.2) is 0 Å². The Morgan fingerprint density at radius 3 is 2.43 bits per heavy atom. The minimum Gasteiger partial charge on any atom is -0.296 e. The maximum Gasteiger partial charge on any atom is 0.372 e. The average Bonchev–Trinajstić information content (AvgIpc) is 2.73. The van der Waals surface area contributed by atoms with Gasteiger partial charge in [-0.2, -0.15) is 5.26 Å². The zero-order valence-corrected chi connectivity index (χ0v) is 18.6. The van der Waals surface area contributed by atoms with Crippen LogP contribution in [-0.4, -0.2) is 24.3 Å². The molecule has 0 amide bonds. The average molecular weight is 424 g/mol. The fourth-order valence-corrected chi connectivity index (χ4v) is 6.43. The van der Waals surface area contributed by atoms with Crippen LogP contribution in [0.2, 0.25) is 13.1 Å². The zero-order valence-electron chi connectivity index (χ0n) is 17.6. The first-order valence-corrected chi connectivity index (χ1v) is 12.9. The Morgan fingerprint density at radius 2 is 1.83 bits per heavy atom. The van der Waals surface area contributed by atoms with E-state index < -0.39 is 19.9 Å². The fourth-order valence-electron chi connectivity index (χ4n) is 3.73. The minimum atomic E-state index is -1.98. The van der Waals surface area contributed by atoms with Crippen molar-refractivity contribution in [3.05, 3.63) is 77.7 Å². The van der Waals surface area contributed by atoms with E-state index in [1.54, 1.807) is 0 Å². The number of aromatic nitrogens is 1. The van der Waals surface area contributed by atoms with E-state index >= 15 is 0 Å². The maximum absolute atomic E-state index is 14.7. The summed E-state index contributed by atoms with van der Waals surface area (Å²) < 4.78 is 14.7. The molecular formula is C24H26FNO3Si. The Kier molecular flexibility index (Phi) is 6.48. The third-order valence-electron chi connectivity index (χ3n) is 5.35. The lowest BCUT2D eigenvalue weighted by Gasteiger charge is -2.27. The van der Waals surface area contributed by atoms with Gasteiger partial charge in [0.05, 0.1) is 11.3 Å². The second kappa shape index (κ2) is 8.89. The normalized spacial score (nSPS) is 11.6. The SMILES string of the molecule is CC(C)Cc1cc(-c2ccc(C(=O)OO)cc2F)ncc1[Si](C)(C)c1ccccc1. The van der Waals surface area contributed by atoms with Crippen molar-refractivity contribution in [1.82, 2.24) is 4.98 Å². The highest BCUT2D eigenvalue weighted by Crippen LogP contribution is 2.24. The van der Waals surface area contributed by atoms with Crippen molar-refractivity contribution < 1.29 is 19.3 Å². The predicted molar refractivity (Wildman–Crippen MR) is 119 cm³/mol. The summed E-state index contributed by atoms with van der Waals surface area (Å²) in [5, 5.41) is 11.1. The van der Waals surface area contributed by atoms with E-state index in [0.717, 1.165) is 12.5 Å². The number of rotatable bonds is 6. The van der Waals surface area contributed by atoms with Crippen molar-refractivity contribution >= 4 is 24.4 Å². The molecule has 1 N–H and O–H groups in total. The number of hydrogen-bond donors (Lipinski definition) is 1. The van der Waals surface area contributed by atoms with Crippen LogP contribution in [0.4, 0.5) is 4.39 Å². The van der Waals surface area contributed by atoms with Crippen LogP contribution in [0.5, 0.6) is 0 Å². The van der Waals surface area contributed by atoms with Gasteiger partial charge in [-0.15, -0.1) is 0 Å². The highest BCUT2D eigenvalue weighted by atomic mass is 28.3. The van der Waals surface area contributed by atoms with Gasteiger partial charge in [-0.05, 0) is 47.4 Å². The van der Waals surface area contributed by atoms with E-state index in [9.17, 15) is 9.18 Å². The molecule has 0 unspecified atom stereocenters. The molecule has 0 spiro atoms. The lowest BCUT2D eigenvalue weighted by atomic mass is 10.0. The molecule has 1 heterocycles. The molecule has 0 bridgehead atoms. The second-order valence-electron chi connectivity index (χ2n) is 8.39. The largest absolute Gasteiger partial charge is 0.372 e. The van der Waals surface area contributed by atoms with Gasteiger partial charge in [0.2, 0.25) is 0 Å². The van der Waals surface area contributed by atoms with Gasteiger partial charge in [0, 0.05) is 11.8 Å². The minimum absolute atomic E-state index is 0.0598. The van der Waals surface area contributed by atoms with E-state index in [1.165, 1.54) is 28.1 Å². The van der Waals surface area contributed by atoms with E-state index in [2.05, 4.69) is 61.1 Å². The summed E-state index contributed by atoms with van der Waals surface area (Å²) in [5.41, 5.74) is 1.94. The molecule has 30 heavy (non-hydrogen) atoms. The first kappa shape index (κ1) is 21.9. The van der Waals surface area contributed by atoms with Crippen LogP contribution >= 0.6 is 0 Å². The number of halogens is 1. The molecule has 0 aliphatic rings. The molecule has 3 aromatic rings. The van der Waals surface area contributed by atoms with Crippen molar-refractivity contribution in [2.45, 2.75) is 33.4 Å². The summed E-state index contributed by atoms with van der Waals surface area (Å²) in [6, 6.07) is 16.4. The first-order chi connectivity index (χ1) is 14.2. The Labute approximate surface area is 177 Å². The van der Waals surface area contributed by atoms with Crippen molar-refractivity contribution in [1.29, 1.82) is 0 Å². The van der Waals surface area contributed by atoms with Crippen LogP contribution < -0.4 is 10.4 Å². The van der Waals surface area contributed by atoms with Crippen molar-refractivity contribution in [2.75, 3.05) is 0 Å². The summed E-state index contributed by atoms with van der Waals surface area (Å²) >= 11 is 0. The van der Waals surface area contributed by atoms with Gasteiger partial charge >= 0.3 is 5.97 Å². The van der Waals surface area contributed by atoms with E-state index in [4.69, 9.17) is 5.26 Å². The van der Waals surface area contributed by atoms with Crippen LogP contribution in [0.25, 0.3) is 11.3 Å². The molecule has 4 nitrogen and oxygen atoms in total. The topological polar surface area (TPSA) is 59.4 Å². The third kappa shape index (κ3) is 4.50. The van der Waals surface area contributed by atoms with Crippen LogP contribution in [0.1, 0.15) is 29.8 Å². The van der Waals surface area contributed by atoms with Crippen LogP contribution in [0.3, 0.4) is 0 Å². The number of carbonyl (C=O) groups is 1. The van der Waals surface area contributed by atoms with Gasteiger partial charge in [-0.25, -0.2) is 9.18 Å². The van der Waals surface area contributed by atoms with Crippen molar-refractivity contribution in [3.8, 4) is 11.3 Å². The van der Waals surface area contributed by atoms with Crippen molar-refractivity contribution in [2.24, 2.45) is 5.92 Å². The van der Waals surface area contributed by atoms with Gasteiger partial charge in [-0.3, -0.25) is 9.87 Å². The summed E-state index contributed by atoms with van der Waals surface area (Å²) in [4.78, 5) is 19.7. The molecule has 3 rings (SSSR count). The Hall–Kier alpha value is -2.83. The Bertz CT molecular complexity index is 1050. The quantitative estimate of drug-likeness (QED) is 0.359. The number of carbonyl (C=O) groups excluding carboxylic acids is 1. The highest BCUT2D eigenvalue weighted by Gasteiger charge is 2.29. The molecule has 1 aromatic heterocycles. The Balaban J connectivity index is 2.09. The molecule has 0 saturated heterocycles. The molecule has 0 atom stereocenters. The molecule has 6 heteroatoms. The van der Waals surface area contributed by atoms with Gasteiger partial charge in [0.1, 0.15) is 13.9 Å². The first-order valence-electron chi connectivity index (χ1n) is 9.94. The summed E-state index contributed by atoms with van der Waals surface area (Å²) in [5.74, 6) is -1.15. The monoisotopic (exact) mass is 423 g/mol. The molecule has 0 radical (unpaired) electrons. The fraction of sp³-hybridized carbons (Fsp3) is 0.250. The molecule has 0 saturated carbocycles. The van der Waals surface area contributed by atoms with Gasteiger partial charge < -0.3 is 0 Å². The summed E-state index contributed by atoms with van der Waals surface area (Å²) in [6.45, 7) is 8.94. The molecule has 0 aliphatic carbocycles. The lowest BCUT2D eigenvalue weighted by molar-refractivity contribution is -0.182. The lowest BCUT2D eigenvalue weighted by Crippen LogP contribution is -2.54. The van der Waals surface area contributed by atoms with E-state index in [0.29, 0.717) is 17.2 Å². The van der Waals surface area contributed by atoms with Crippen LogP contribution in [0.15, 0.2) is 60.8 Å². The molecule has 0 fully saturated rings. The number of benzene rings is 2. The van der Waals surface area contributed by atoms with Crippen molar-refractivity contribution in [3.63, 3.8) is 0 Å². The van der Waals surface area contributed by atoms with Crippen LogP contribution in [0, 0.1) is 11.7 Å². The third-order valence-corrected chi connectivity index (χ3v) is 8.92. The second-order valence-corrected chi connectivity index (χ2v) is 12.8. The van der Waals surface area contributed by atoms with Crippen LogP contribution in [-0.2, 0) is 11.3 Å². The highest BCUT2D eigenvalue weighted by molar-refractivity contribution is 7.00. The molecule has 0 aliphatic heterocycles. The number of pyridine rings is 1. The predicted octanol–water partition coefficient (Wildman–Crippen LogP) is 4.54. The number of hydrogen-bond acceptors (Lipinski definition) is 4. The number of nitrogens with zero attached hydrogens (tertiary/aromatic N) is 1. The summed E-state index contributed by atoms with van der Waals surface area (Å²) in [7, 11) is -1.98. The molecule has 156 valence electrons. The smallest absolute Gasteiger partial charge is 0.296 e. The van der Waals surface area contributed by atoms with Gasteiger partial charge in [0.25, 0.3) is 0 Å². The molecule has 2 aromatic carbocycles. The van der Waals surface area contributed by atoms with E-state index in [1.807, 2.05) is 18.3 Å².